The molecule has 0 bridgehead atoms. The van der Waals surface area contributed by atoms with E-state index in [4.69, 9.17) is 39.5 Å². The number of fused-ring (bicyclic) bond motifs is 2. The Morgan fingerprint density at radius 3 is 2.24 bits per heavy atom. The highest BCUT2D eigenvalue weighted by Gasteiger charge is 2.72. The van der Waals surface area contributed by atoms with Gasteiger partial charge in [0.25, 0.3) is 0 Å². The zero-order valence-corrected chi connectivity index (χ0v) is 24.2. The fourth-order valence-electron chi connectivity index (χ4n) is 6.77. The van der Waals surface area contributed by atoms with Crippen molar-refractivity contribution < 1.29 is 24.5 Å². The van der Waals surface area contributed by atoms with Crippen molar-refractivity contribution in [1.82, 2.24) is 0 Å². The van der Waals surface area contributed by atoms with Crippen molar-refractivity contribution in [3.8, 4) is 11.5 Å². The molecule has 2 aliphatic carbocycles. The number of Topliss-reactive ketones (excluding diaryl/α,β-unsaturated/α-hetero) is 2. The van der Waals surface area contributed by atoms with Gasteiger partial charge in [-0.05, 0) is 63.9 Å². The molecule has 5 nitrogen and oxygen atoms in total. The van der Waals surface area contributed by atoms with Gasteiger partial charge in [-0.2, -0.15) is 0 Å². The van der Waals surface area contributed by atoms with E-state index in [9.17, 15) is 19.8 Å². The molecule has 202 valence electrons. The Morgan fingerprint density at radius 1 is 1.08 bits per heavy atom. The summed E-state index contributed by atoms with van der Waals surface area (Å²) in [6.07, 6.45) is 5.04. The van der Waals surface area contributed by atoms with E-state index in [1.807, 2.05) is 26.0 Å². The first-order valence-corrected chi connectivity index (χ1v) is 13.8. The lowest BCUT2D eigenvalue weighted by Gasteiger charge is -2.61. The number of ether oxygens (including phenoxy) is 1. The van der Waals surface area contributed by atoms with Crippen LogP contribution in [-0.2, 0) is 4.74 Å². The summed E-state index contributed by atoms with van der Waals surface area (Å²) in [7, 11) is 0. The van der Waals surface area contributed by atoms with Gasteiger partial charge in [0.05, 0.1) is 16.5 Å². The second-order valence-electron chi connectivity index (χ2n) is 12.1. The highest BCUT2D eigenvalue weighted by atomic mass is 35.5. The molecular weight excluding hydrogens is 535 g/mol. The van der Waals surface area contributed by atoms with Crippen LogP contribution < -0.4 is 0 Å². The number of alkyl halides is 3. The minimum atomic E-state index is -1.90. The number of phenolic OH excluding ortho intramolecular Hbond substituents is 2. The van der Waals surface area contributed by atoms with E-state index in [0.29, 0.717) is 6.42 Å². The molecular formula is C29H35Cl3O5. The van der Waals surface area contributed by atoms with Crippen molar-refractivity contribution in [3.63, 3.8) is 0 Å². The molecule has 37 heavy (non-hydrogen) atoms. The van der Waals surface area contributed by atoms with Crippen molar-refractivity contribution in [1.29, 1.82) is 0 Å². The zero-order chi connectivity index (χ0) is 27.9. The quantitative estimate of drug-likeness (QED) is 0.298. The maximum absolute atomic E-state index is 14.6. The molecule has 5 unspecified atom stereocenters. The van der Waals surface area contributed by atoms with Crippen LogP contribution in [0.25, 0.3) is 0 Å². The lowest BCUT2D eigenvalue weighted by atomic mass is 9.50. The Bertz CT molecular complexity index is 1200. The van der Waals surface area contributed by atoms with Gasteiger partial charge in [-0.25, -0.2) is 0 Å². The average Bonchev–Trinajstić information content (AvgIpc) is 2.82. The van der Waals surface area contributed by atoms with Crippen LogP contribution in [0.5, 0.6) is 11.5 Å². The molecule has 1 saturated carbocycles. The molecule has 1 aliphatic heterocycles. The van der Waals surface area contributed by atoms with Crippen molar-refractivity contribution >= 4 is 46.4 Å². The van der Waals surface area contributed by atoms with E-state index in [1.54, 1.807) is 13.8 Å². The number of carbonyl (C=O) groups is 2. The van der Waals surface area contributed by atoms with Crippen LogP contribution in [0.15, 0.2) is 31.4 Å². The summed E-state index contributed by atoms with van der Waals surface area (Å²) in [5.41, 5.74) is -4.25. The molecule has 4 rings (SSSR count). The monoisotopic (exact) mass is 568 g/mol. The minimum Gasteiger partial charge on any atom is -0.508 e. The molecule has 1 heterocycles. The summed E-state index contributed by atoms with van der Waals surface area (Å²) in [5, 5.41) is 20.4. The molecule has 5 atom stereocenters. The van der Waals surface area contributed by atoms with E-state index in [-0.39, 0.29) is 46.6 Å². The van der Waals surface area contributed by atoms with Gasteiger partial charge in [0.1, 0.15) is 16.4 Å². The molecule has 0 amide bonds. The fraction of sp³-hybridized carbons (Fsp3) is 0.586. The first kappa shape index (κ1) is 28.5. The van der Waals surface area contributed by atoms with Gasteiger partial charge in [-0.1, -0.05) is 26.0 Å². The number of hydrogen-bond donors (Lipinski definition) is 2. The predicted octanol–water partition coefficient (Wildman–Crippen LogP) is 7.10. The topological polar surface area (TPSA) is 83.8 Å². The summed E-state index contributed by atoms with van der Waals surface area (Å²) in [5.74, 6) is -2.33. The van der Waals surface area contributed by atoms with Crippen LogP contribution in [0.2, 0.25) is 0 Å². The van der Waals surface area contributed by atoms with Crippen molar-refractivity contribution in [2.24, 2.45) is 16.7 Å². The number of allylic oxidation sites excluding steroid dienone is 2. The summed E-state index contributed by atoms with van der Waals surface area (Å²) in [6.45, 7) is 17.3. The molecule has 1 aromatic carbocycles. The van der Waals surface area contributed by atoms with Gasteiger partial charge in [0.2, 0.25) is 0 Å². The van der Waals surface area contributed by atoms with E-state index < -0.39 is 49.6 Å². The van der Waals surface area contributed by atoms with Gasteiger partial charge in [-0.3, -0.25) is 9.59 Å². The molecule has 0 radical (unpaired) electrons. The highest BCUT2D eigenvalue weighted by Crippen LogP contribution is 2.63. The lowest BCUT2D eigenvalue weighted by Crippen LogP contribution is -2.73. The standard InChI is InChI=1S/C29H35Cl3O5/c1-8-27(9-2)11-10-19(30)25(4,5)18(27)13-29-23(35)16-12-17(33)15(3)22(34)21(16)24(36)28(29,32)14-20(31)26(6,7)37-29/h8-9,12,18-20,33-34H,1-2,10-11,13-14H2,3-7H3. The average molecular weight is 570 g/mol. The number of ketones is 2. The lowest BCUT2D eigenvalue weighted by molar-refractivity contribution is -0.176. The Balaban J connectivity index is 2.04. The predicted molar refractivity (Wildman–Crippen MR) is 147 cm³/mol. The highest BCUT2D eigenvalue weighted by molar-refractivity contribution is 6.45. The third-order valence-corrected chi connectivity index (χ3v) is 11.5. The SMILES string of the molecule is C=CC1(C=C)CCC(Cl)C(C)(C)C1CC12OC(C)(C)C(Cl)CC1(Cl)C(=O)c1c(cc(O)c(C)c1O)C2=O. The van der Waals surface area contributed by atoms with Crippen LogP contribution in [0.4, 0.5) is 0 Å². The third-order valence-electron chi connectivity index (χ3n) is 9.45. The summed E-state index contributed by atoms with van der Waals surface area (Å²) in [4.78, 5) is 26.9. The summed E-state index contributed by atoms with van der Waals surface area (Å²) >= 11 is 20.9. The third kappa shape index (κ3) is 3.67. The Hall–Kier alpha value is -1.53. The molecule has 0 spiro atoms. The Kier molecular flexibility index (Phi) is 6.73. The number of rotatable bonds is 4. The number of aromatic hydroxyl groups is 2. The number of hydrogen-bond acceptors (Lipinski definition) is 5. The maximum atomic E-state index is 14.6. The van der Waals surface area contributed by atoms with E-state index in [0.717, 1.165) is 6.42 Å². The number of carbonyl (C=O) groups excluding carboxylic acids is 2. The first-order valence-electron chi connectivity index (χ1n) is 12.6. The smallest absolute Gasteiger partial charge is 0.197 e. The summed E-state index contributed by atoms with van der Waals surface area (Å²) < 4.78 is 6.63. The molecule has 8 heteroatoms. The van der Waals surface area contributed by atoms with Crippen LogP contribution in [0.1, 0.15) is 79.7 Å². The number of halogens is 3. The normalized spacial score (nSPS) is 35.8. The van der Waals surface area contributed by atoms with Crippen LogP contribution in [0.3, 0.4) is 0 Å². The number of phenols is 2. The molecule has 1 saturated heterocycles. The number of benzene rings is 1. The zero-order valence-electron chi connectivity index (χ0n) is 22.0. The Morgan fingerprint density at radius 2 is 1.68 bits per heavy atom. The fourth-order valence-corrected chi connectivity index (χ4v) is 7.84. The van der Waals surface area contributed by atoms with E-state index >= 15 is 0 Å². The van der Waals surface area contributed by atoms with Crippen molar-refractivity contribution in [2.75, 3.05) is 0 Å². The van der Waals surface area contributed by atoms with Gasteiger partial charge in [0, 0.05) is 21.9 Å². The first-order chi connectivity index (χ1) is 17.0. The second-order valence-corrected chi connectivity index (χ2v) is 13.8. The minimum absolute atomic E-state index is 0.0389. The summed E-state index contributed by atoms with van der Waals surface area (Å²) in [6, 6.07) is 1.22. The van der Waals surface area contributed by atoms with E-state index in [1.165, 1.54) is 13.0 Å². The van der Waals surface area contributed by atoms with Crippen LogP contribution in [0, 0.1) is 23.7 Å². The molecule has 0 aromatic heterocycles. The Labute approximate surface area is 233 Å². The largest absolute Gasteiger partial charge is 0.508 e. The van der Waals surface area contributed by atoms with Gasteiger partial charge < -0.3 is 14.9 Å². The van der Waals surface area contributed by atoms with Crippen molar-refractivity contribution in [3.05, 3.63) is 48.1 Å². The second kappa shape index (κ2) is 8.74. The van der Waals surface area contributed by atoms with Gasteiger partial charge in [0.15, 0.2) is 17.2 Å². The molecule has 3 aliphatic rings. The van der Waals surface area contributed by atoms with Gasteiger partial charge >= 0.3 is 0 Å². The maximum Gasteiger partial charge on any atom is 0.197 e. The van der Waals surface area contributed by atoms with Crippen LogP contribution in [-0.4, -0.2) is 48.6 Å². The van der Waals surface area contributed by atoms with Crippen LogP contribution >= 0.6 is 34.8 Å². The van der Waals surface area contributed by atoms with E-state index in [2.05, 4.69) is 13.2 Å². The molecule has 2 N–H and O–H groups in total. The molecule has 2 fully saturated rings. The molecule has 1 aromatic rings. The van der Waals surface area contributed by atoms with Crippen molar-refractivity contribution in [2.45, 2.75) is 87.1 Å². The van der Waals surface area contributed by atoms with Gasteiger partial charge in [-0.15, -0.1) is 48.0 Å².